The summed E-state index contributed by atoms with van der Waals surface area (Å²) in [6.07, 6.45) is 4.19. The van der Waals surface area contributed by atoms with Gasteiger partial charge in [-0.2, -0.15) is 0 Å². The van der Waals surface area contributed by atoms with E-state index in [0.29, 0.717) is 6.54 Å². The predicted octanol–water partition coefficient (Wildman–Crippen LogP) is 2.42. The average molecular weight is 307 g/mol. The number of carbonyl (C=O) groups excluding carboxylic acids is 1. The summed E-state index contributed by atoms with van der Waals surface area (Å²) in [6.45, 7) is 4.66. The zero-order valence-corrected chi connectivity index (χ0v) is 13.9. The van der Waals surface area contributed by atoms with Crippen LogP contribution in [-0.2, 0) is 4.79 Å². The third-order valence-electron chi connectivity index (χ3n) is 4.31. The van der Waals surface area contributed by atoms with Gasteiger partial charge in [-0.1, -0.05) is 12.1 Å². The number of benzene rings is 1. The minimum absolute atomic E-state index is 0.0737. The first-order chi connectivity index (χ1) is 10.1. The highest BCUT2D eigenvalue weighted by Gasteiger charge is 2.28. The molecule has 116 valence electrons. The van der Waals surface area contributed by atoms with E-state index in [9.17, 15) is 4.79 Å². The molecule has 0 spiro atoms. The Labute approximate surface area is 131 Å². The molecule has 1 amide bonds. The van der Waals surface area contributed by atoms with Gasteiger partial charge in [-0.05, 0) is 45.2 Å². The molecule has 1 aromatic rings. The van der Waals surface area contributed by atoms with Crippen molar-refractivity contribution in [3.63, 3.8) is 0 Å². The van der Waals surface area contributed by atoms with Crippen LogP contribution in [0.4, 0.5) is 5.69 Å². The maximum Gasteiger partial charge on any atom is 0.238 e. The second kappa shape index (κ2) is 7.29. The van der Waals surface area contributed by atoms with Gasteiger partial charge in [0.2, 0.25) is 5.91 Å². The van der Waals surface area contributed by atoms with E-state index in [-0.39, 0.29) is 11.4 Å². The van der Waals surface area contributed by atoms with Crippen LogP contribution >= 0.6 is 11.8 Å². The third kappa shape index (κ3) is 4.46. The second-order valence-corrected chi connectivity index (χ2v) is 6.68. The Balaban J connectivity index is 1.86. The van der Waals surface area contributed by atoms with Gasteiger partial charge in [0, 0.05) is 23.5 Å². The molecule has 0 saturated carbocycles. The van der Waals surface area contributed by atoms with Gasteiger partial charge in [0.05, 0.1) is 12.2 Å². The van der Waals surface area contributed by atoms with Gasteiger partial charge >= 0.3 is 0 Å². The molecule has 1 aromatic carbocycles. The lowest BCUT2D eigenvalue weighted by Crippen LogP contribution is -2.51. The Kier molecular flexibility index (Phi) is 5.67. The fourth-order valence-corrected chi connectivity index (χ4v) is 3.15. The summed E-state index contributed by atoms with van der Waals surface area (Å²) in [5, 5.41) is 6.41. The molecule has 21 heavy (non-hydrogen) atoms. The Bertz CT molecular complexity index is 484. The number of para-hydroxylation sites is 1. The van der Waals surface area contributed by atoms with Gasteiger partial charge in [-0.3, -0.25) is 9.69 Å². The molecule has 0 radical (unpaired) electrons. The van der Waals surface area contributed by atoms with Crippen LogP contribution in [0.3, 0.4) is 0 Å². The molecule has 0 atom stereocenters. The van der Waals surface area contributed by atoms with Gasteiger partial charge in [0.15, 0.2) is 0 Å². The maximum atomic E-state index is 12.2. The SMILES string of the molecule is CNC1(C)CCN(CC(=O)Nc2ccccc2SC)CC1. The summed E-state index contributed by atoms with van der Waals surface area (Å²) in [4.78, 5) is 15.5. The van der Waals surface area contributed by atoms with E-state index in [1.807, 2.05) is 37.6 Å². The second-order valence-electron chi connectivity index (χ2n) is 5.84. The number of hydrogen-bond donors (Lipinski definition) is 2. The van der Waals surface area contributed by atoms with E-state index in [0.717, 1.165) is 36.5 Å². The van der Waals surface area contributed by atoms with Gasteiger partial charge in [-0.15, -0.1) is 11.8 Å². The van der Waals surface area contributed by atoms with Crippen LogP contribution in [0.25, 0.3) is 0 Å². The molecule has 2 rings (SSSR count). The quantitative estimate of drug-likeness (QED) is 0.820. The summed E-state index contributed by atoms with van der Waals surface area (Å²) < 4.78 is 0. The highest BCUT2D eigenvalue weighted by Crippen LogP contribution is 2.25. The molecule has 1 aliphatic heterocycles. The third-order valence-corrected chi connectivity index (χ3v) is 5.11. The number of nitrogens with one attached hydrogen (secondary N) is 2. The van der Waals surface area contributed by atoms with Crippen LogP contribution in [0, 0.1) is 0 Å². The summed E-state index contributed by atoms with van der Waals surface area (Å²) in [7, 11) is 2.02. The smallest absolute Gasteiger partial charge is 0.238 e. The van der Waals surface area contributed by atoms with Crippen molar-refractivity contribution in [3.8, 4) is 0 Å². The van der Waals surface area contributed by atoms with Crippen molar-refractivity contribution < 1.29 is 4.79 Å². The minimum Gasteiger partial charge on any atom is -0.324 e. The molecular formula is C16H25N3OS. The van der Waals surface area contributed by atoms with Crippen LogP contribution in [0.1, 0.15) is 19.8 Å². The first kappa shape index (κ1) is 16.3. The molecule has 0 unspecified atom stereocenters. The molecule has 2 N–H and O–H groups in total. The lowest BCUT2D eigenvalue weighted by Gasteiger charge is -2.39. The van der Waals surface area contributed by atoms with Gasteiger partial charge in [0.1, 0.15) is 0 Å². The van der Waals surface area contributed by atoms with E-state index in [4.69, 9.17) is 0 Å². The van der Waals surface area contributed by atoms with E-state index in [1.54, 1.807) is 11.8 Å². The van der Waals surface area contributed by atoms with E-state index in [2.05, 4.69) is 22.5 Å². The molecule has 0 aliphatic carbocycles. The highest BCUT2D eigenvalue weighted by molar-refractivity contribution is 7.98. The molecule has 1 fully saturated rings. The summed E-state index contributed by atoms with van der Waals surface area (Å²) in [5.74, 6) is 0.0737. The number of anilines is 1. The van der Waals surface area contributed by atoms with Crippen molar-refractivity contribution in [2.75, 3.05) is 38.3 Å². The van der Waals surface area contributed by atoms with Gasteiger partial charge in [-0.25, -0.2) is 0 Å². The lowest BCUT2D eigenvalue weighted by atomic mass is 9.90. The standard InChI is InChI=1S/C16H25N3OS/c1-16(17-2)8-10-19(11-9-16)12-15(20)18-13-6-4-5-7-14(13)21-3/h4-7,17H,8-12H2,1-3H3,(H,18,20). The number of hydrogen-bond acceptors (Lipinski definition) is 4. The molecule has 1 heterocycles. The van der Waals surface area contributed by atoms with Crippen molar-refractivity contribution in [1.29, 1.82) is 0 Å². The van der Waals surface area contributed by atoms with Crippen molar-refractivity contribution >= 4 is 23.4 Å². The number of carbonyl (C=O) groups is 1. The van der Waals surface area contributed by atoms with Crippen LogP contribution in [0.15, 0.2) is 29.2 Å². The van der Waals surface area contributed by atoms with Crippen molar-refractivity contribution in [3.05, 3.63) is 24.3 Å². The van der Waals surface area contributed by atoms with Crippen molar-refractivity contribution in [2.45, 2.75) is 30.2 Å². The largest absolute Gasteiger partial charge is 0.324 e. The summed E-state index contributed by atoms with van der Waals surface area (Å²) in [5.41, 5.74) is 1.13. The van der Waals surface area contributed by atoms with E-state index in [1.165, 1.54) is 0 Å². The lowest BCUT2D eigenvalue weighted by molar-refractivity contribution is -0.117. The number of amides is 1. The molecule has 4 nitrogen and oxygen atoms in total. The van der Waals surface area contributed by atoms with E-state index < -0.39 is 0 Å². The number of piperidine rings is 1. The molecule has 5 heteroatoms. The molecule has 0 aromatic heterocycles. The van der Waals surface area contributed by atoms with E-state index >= 15 is 0 Å². The monoisotopic (exact) mass is 307 g/mol. The van der Waals surface area contributed by atoms with Crippen LogP contribution in [0.2, 0.25) is 0 Å². The summed E-state index contributed by atoms with van der Waals surface area (Å²) in [6, 6.07) is 7.93. The molecule has 0 bridgehead atoms. The Morgan fingerprint density at radius 3 is 2.62 bits per heavy atom. The Morgan fingerprint density at radius 1 is 1.33 bits per heavy atom. The first-order valence-corrected chi connectivity index (χ1v) is 8.63. The van der Waals surface area contributed by atoms with Gasteiger partial charge < -0.3 is 10.6 Å². The molecule has 1 saturated heterocycles. The van der Waals surface area contributed by atoms with Crippen LogP contribution in [0.5, 0.6) is 0 Å². The normalized spacial score (nSPS) is 18.4. The number of thioether (sulfide) groups is 1. The Hall–Kier alpha value is -1.04. The Morgan fingerprint density at radius 2 is 2.00 bits per heavy atom. The average Bonchev–Trinajstić information content (AvgIpc) is 2.50. The van der Waals surface area contributed by atoms with Gasteiger partial charge in [0.25, 0.3) is 0 Å². The highest BCUT2D eigenvalue weighted by atomic mass is 32.2. The number of nitrogens with zero attached hydrogens (tertiary/aromatic N) is 1. The molecular weight excluding hydrogens is 282 g/mol. The van der Waals surface area contributed by atoms with Crippen LogP contribution in [-0.4, -0.2) is 49.3 Å². The zero-order valence-electron chi connectivity index (χ0n) is 13.1. The number of rotatable bonds is 5. The first-order valence-electron chi connectivity index (χ1n) is 7.40. The number of likely N-dealkylation sites (tertiary alicyclic amines) is 1. The van der Waals surface area contributed by atoms with Crippen molar-refractivity contribution in [2.24, 2.45) is 0 Å². The van der Waals surface area contributed by atoms with Crippen LogP contribution < -0.4 is 10.6 Å². The van der Waals surface area contributed by atoms with Crippen molar-refractivity contribution in [1.82, 2.24) is 10.2 Å². The topological polar surface area (TPSA) is 44.4 Å². The maximum absolute atomic E-state index is 12.2. The predicted molar refractivity (Wildman–Crippen MR) is 90.0 cm³/mol. The molecule has 1 aliphatic rings. The summed E-state index contributed by atoms with van der Waals surface area (Å²) >= 11 is 1.65. The fourth-order valence-electron chi connectivity index (χ4n) is 2.60. The minimum atomic E-state index is 0.0737. The zero-order chi connectivity index (χ0) is 15.3. The fraction of sp³-hybridized carbons (Fsp3) is 0.562.